The van der Waals surface area contributed by atoms with Crippen molar-refractivity contribution in [2.75, 3.05) is 5.32 Å². The summed E-state index contributed by atoms with van der Waals surface area (Å²) in [6.07, 6.45) is 4.51. The van der Waals surface area contributed by atoms with E-state index in [2.05, 4.69) is 10.6 Å². The van der Waals surface area contributed by atoms with E-state index in [1.54, 1.807) is 12.1 Å². The van der Waals surface area contributed by atoms with Crippen molar-refractivity contribution in [3.8, 4) is 0 Å². The molecular weight excluding hydrogens is 299 g/mol. The number of halogens is 1. The number of nitrogens with one attached hydrogen (secondary N) is 2. The molecule has 0 spiro atoms. The molecule has 2 fully saturated rings. The maximum Gasteiger partial charge on any atom is 0.319 e. The van der Waals surface area contributed by atoms with E-state index in [1.807, 2.05) is 0 Å². The van der Waals surface area contributed by atoms with Crippen molar-refractivity contribution < 1.29 is 19.1 Å². The largest absolute Gasteiger partial charge is 0.481 e. The number of aliphatic carboxylic acids is 1. The highest BCUT2D eigenvalue weighted by Crippen LogP contribution is 2.42. The summed E-state index contributed by atoms with van der Waals surface area (Å²) in [5.74, 6) is -0.988. The third-order valence-electron chi connectivity index (χ3n) is 4.68. The van der Waals surface area contributed by atoms with Crippen molar-refractivity contribution in [3.63, 3.8) is 0 Å². The Morgan fingerprint density at radius 3 is 2.39 bits per heavy atom. The van der Waals surface area contributed by atoms with Crippen LogP contribution < -0.4 is 10.6 Å². The molecule has 0 bridgehead atoms. The number of carboxylic acid groups (broad SMARTS) is 1. The standard InChI is InChI=1S/C17H21FN2O3/c18-15-8-7-13(9-14(15)10-1-2-10)20-17(23)19-12-5-3-11(4-6-12)16(21)22/h7-12H,1-6H2,(H,21,22)(H2,19,20,23). The van der Waals surface area contributed by atoms with E-state index in [-0.39, 0.29) is 29.7 Å². The van der Waals surface area contributed by atoms with Crippen LogP contribution in [0.2, 0.25) is 0 Å². The van der Waals surface area contributed by atoms with Gasteiger partial charge in [0, 0.05) is 11.7 Å². The molecule has 3 N–H and O–H groups in total. The van der Waals surface area contributed by atoms with Gasteiger partial charge >= 0.3 is 12.0 Å². The Morgan fingerprint density at radius 2 is 1.78 bits per heavy atom. The Kier molecular flexibility index (Phi) is 4.50. The highest BCUT2D eigenvalue weighted by atomic mass is 19.1. The van der Waals surface area contributed by atoms with Crippen LogP contribution in [0.3, 0.4) is 0 Å². The van der Waals surface area contributed by atoms with Gasteiger partial charge in [0.2, 0.25) is 0 Å². The quantitative estimate of drug-likeness (QED) is 0.795. The highest BCUT2D eigenvalue weighted by Gasteiger charge is 2.28. The summed E-state index contributed by atoms with van der Waals surface area (Å²) >= 11 is 0. The molecule has 5 nitrogen and oxygen atoms in total. The number of benzene rings is 1. The first-order valence-corrected chi connectivity index (χ1v) is 8.12. The summed E-state index contributed by atoms with van der Waals surface area (Å²) in [5, 5.41) is 14.6. The van der Waals surface area contributed by atoms with Gasteiger partial charge in [-0.1, -0.05) is 0 Å². The van der Waals surface area contributed by atoms with E-state index in [9.17, 15) is 14.0 Å². The second kappa shape index (κ2) is 6.56. The zero-order valence-electron chi connectivity index (χ0n) is 12.8. The molecule has 2 amide bonds. The molecule has 3 rings (SSSR count). The van der Waals surface area contributed by atoms with E-state index >= 15 is 0 Å². The summed E-state index contributed by atoms with van der Waals surface area (Å²) in [6.45, 7) is 0. The van der Waals surface area contributed by atoms with Gasteiger partial charge in [-0.15, -0.1) is 0 Å². The fourth-order valence-electron chi connectivity index (χ4n) is 3.17. The van der Waals surface area contributed by atoms with Crippen LogP contribution in [0, 0.1) is 11.7 Å². The first-order valence-electron chi connectivity index (χ1n) is 8.12. The van der Waals surface area contributed by atoms with Crippen LogP contribution in [0.4, 0.5) is 14.9 Å². The number of amides is 2. The lowest BCUT2D eigenvalue weighted by Gasteiger charge is -2.26. The van der Waals surface area contributed by atoms with Gasteiger partial charge in [-0.3, -0.25) is 4.79 Å². The number of anilines is 1. The number of hydrogen-bond donors (Lipinski definition) is 3. The minimum atomic E-state index is -0.758. The Hall–Kier alpha value is -2.11. The van der Waals surface area contributed by atoms with Gasteiger partial charge in [0.05, 0.1) is 5.92 Å². The molecular formula is C17H21FN2O3. The minimum Gasteiger partial charge on any atom is -0.481 e. The monoisotopic (exact) mass is 320 g/mol. The lowest BCUT2D eigenvalue weighted by Crippen LogP contribution is -2.41. The molecule has 2 aliphatic carbocycles. The first-order chi connectivity index (χ1) is 11.0. The van der Waals surface area contributed by atoms with Crippen molar-refractivity contribution in [1.82, 2.24) is 5.32 Å². The Bertz CT molecular complexity index is 608. The number of carboxylic acids is 1. The lowest BCUT2D eigenvalue weighted by atomic mass is 9.86. The second-order valence-corrected chi connectivity index (χ2v) is 6.50. The molecule has 1 aromatic carbocycles. The zero-order valence-corrected chi connectivity index (χ0v) is 12.8. The molecule has 0 atom stereocenters. The van der Waals surface area contributed by atoms with E-state index in [4.69, 9.17) is 5.11 Å². The summed E-state index contributed by atoms with van der Waals surface area (Å²) in [4.78, 5) is 23.0. The number of carbonyl (C=O) groups excluding carboxylic acids is 1. The molecule has 0 aliphatic heterocycles. The van der Waals surface area contributed by atoms with E-state index < -0.39 is 5.97 Å². The van der Waals surface area contributed by atoms with Crippen LogP contribution in [0.5, 0.6) is 0 Å². The maximum atomic E-state index is 13.7. The summed E-state index contributed by atoms with van der Waals surface area (Å²) in [6, 6.07) is 4.32. The van der Waals surface area contributed by atoms with Crippen LogP contribution in [0.1, 0.15) is 50.0 Å². The normalized spacial score (nSPS) is 24.0. The molecule has 1 aromatic rings. The smallest absolute Gasteiger partial charge is 0.319 e. The third-order valence-corrected chi connectivity index (χ3v) is 4.68. The predicted octanol–water partition coefficient (Wildman–Crippen LogP) is 3.47. The number of rotatable bonds is 4. The number of hydrogen-bond acceptors (Lipinski definition) is 2. The molecule has 2 aliphatic rings. The lowest BCUT2D eigenvalue weighted by molar-refractivity contribution is -0.142. The molecule has 0 aromatic heterocycles. The van der Waals surface area contributed by atoms with Crippen molar-refractivity contribution in [1.29, 1.82) is 0 Å². The average Bonchev–Trinajstić information content (AvgIpc) is 3.34. The Balaban J connectivity index is 1.52. The van der Waals surface area contributed by atoms with Crippen LogP contribution in [0.25, 0.3) is 0 Å². The van der Waals surface area contributed by atoms with Gasteiger partial charge in [0.1, 0.15) is 5.82 Å². The SMILES string of the molecule is O=C(Nc1ccc(F)c(C2CC2)c1)NC1CCC(C(=O)O)CC1. The van der Waals surface area contributed by atoms with Gasteiger partial charge < -0.3 is 15.7 Å². The van der Waals surface area contributed by atoms with E-state index in [0.29, 0.717) is 36.9 Å². The first kappa shape index (κ1) is 15.8. The maximum absolute atomic E-state index is 13.7. The van der Waals surface area contributed by atoms with Gasteiger partial charge in [-0.25, -0.2) is 9.18 Å². The predicted molar refractivity (Wildman–Crippen MR) is 83.9 cm³/mol. The molecule has 6 heteroatoms. The molecule has 2 saturated carbocycles. The van der Waals surface area contributed by atoms with Crippen LogP contribution in [-0.2, 0) is 4.79 Å². The summed E-state index contributed by atoms with van der Waals surface area (Å²) < 4.78 is 13.7. The number of carbonyl (C=O) groups is 2. The average molecular weight is 320 g/mol. The Morgan fingerprint density at radius 1 is 1.09 bits per heavy atom. The Labute approximate surface area is 134 Å². The highest BCUT2D eigenvalue weighted by molar-refractivity contribution is 5.89. The fourth-order valence-corrected chi connectivity index (χ4v) is 3.17. The van der Waals surface area contributed by atoms with Crippen LogP contribution in [0.15, 0.2) is 18.2 Å². The van der Waals surface area contributed by atoms with Crippen molar-refractivity contribution >= 4 is 17.7 Å². The van der Waals surface area contributed by atoms with Gasteiger partial charge in [0.25, 0.3) is 0 Å². The molecule has 23 heavy (non-hydrogen) atoms. The van der Waals surface area contributed by atoms with Crippen molar-refractivity contribution in [2.24, 2.45) is 5.92 Å². The minimum absolute atomic E-state index is 0.00560. The van der Waals surface area contributed by atoms with Gasteiger partial charge in [0.15, 0.2) is 0 Å². The molecule has 0 radical (unpaired) electrons. The van der Waals surface area contributed by atoms with Crippen LogP contribution >= 0.6 is 0 Å². The van der Waals surface area contributed by atoms with Crippen molar-refractivity contribution in [2.45, 2.75) is 50.5 Å². The fraction of sp³-hybridized carbons (Fsp3) is 0.529. The molecule has 0 unspecified atom stereocenters. The third kappa shape index (κ3) is 4.00. The van der Waals surface area contributed by atoms with Crippen LogP contribution in [-0.4, -0.2) is 23.1 Å². The van der Waals surface area contributed by atoms with Gasteiger partial charge in [-0.2, -0.15) is 0 Å². The zero-order chi connectivity index (χ0) is 16.4. The molecule has 0 heterocycles. The topological polar surface area (TPSA) is 78.4 Å². The van der Waals surface area contributed by atoms with Gasteiger partial charge in [-0.05, 0) is 68.2 Å². The second-order valence-electron chi connectivity index (χ2n) is 6.50. The van der Waals surface area contributed by atoms with E-state index in [1.165, 1.54) is 6.07 Å². The number of urea groups is 1. The summed E-state index contributed by atoms with van der Waals surface area (Å²) in [7, 11) is 0. The molecule has 0 saturated heterocycles. The van der Waals surface area contributed by atoms with Crippen molar-refractivity contribution in [3.05, 3.63) is 29.6 Å². The summed E-state index contributed by atoms with van der Waals surface area (Å²) in [5.41, 5.74) is 1.26. The van der Waals surface area contributed by atoms with E-state index in [0.717, 1.165) is 12.8 Å². The molecule has 124 valence electrons.